The van der Waals surface area contributed by atoms with Crippen LogP contribution in [0.5, 0.6) is 0 Å². The minimum atomic E-state index is -4.77. The van der Waals surface area contributed by atoms with Crippen LogP contribution in [0.1, 0.15) is 5.56 Å². The van der Waals surface area contributed by atoms with Gasteiger partial charge in [0.25, 0.3) is 5.69 Å². The first-order valence-corrected chi connectivity index (χ1v) is 3.67. The molecule has 0 aliphatic carbocycles. The van der Waals surface area contributed by atoms with E-state index in [1.165, 1.54) is 0 Å². The Bertz CT molecular complexity index is 426. The number of alkyl halides is 3. The van der Waals surface area contributed by atoms with Crippen LogP contribution in [0.25, 0.3) is 0 Å². The van der Waals surface area contributed by atoms with Crippen molar-refractivity contribution in [3.8, 4) is 0 Å². The Balaban J connectivity index is 3.45. The molecule has 1 N–H and O–H groups in total. The summed E-state index contributed by atoms with van der Waals surface area (Å²) >= 11 is 4.44. The summed E-state index contributed by atoms with van der Waals surface area (Å²) in [5.41, 5.74) is -2.38. The van der Waals surface area contributed by atoms with Gasteiger partial charge >= 0.3 is 6.18 Å². The summed E-state index contributed by atoms with van der Waals surface area (Å²) in [4.78, 5) is 11.3. The number of pyridine rings is 1. The summed E-state index contributed by atoms with van der Waals surface area (Å²) in [7, 11) is 0. The molecule has 8 heteroatoms. The monoisotopic (exact) mass is 224 g/mol. The molecule has 0 aliphatic heterocycles. The van der Waals surface area contributed by atoms with Gasteiger partial charge in [-0.05, 0) is 6.07 Å². The minimum Gasteiger partial charge on any atom is -0.347 e. The number of nitrogens with one attached hydrogen (secondary N) is 1. The Morgan fingerprint density at radius 1 is 1.50 bits per heavy atom. The van der Waals surface area contributed by atoms with E-state index in [0.29, 0.717) is 12.3 Å². The van der Waals surface area contributed by atoms with Gasteiger partial charge in [-0.3, -0.25) is 10.1 Å². The van der Waals surface area contributed by atoms with Crippen LogP contribution in [-0.4, -0.2) is 9.91 Å². The number of hydrogen-bond donors (Lipinski definition) is 1. The predicted molar refractivity (Wildman–Crippen MR) is 43.3 cm³/mol. The van der Waals surface area contributed by atoms with Crippen molar-refractivity contribution in [1.29, 1.82) is 0 Å². The fourth-order valence-corrected chi connectivity index (χ4v) is 1.02. The van der Waals surface area contributed by atoms with Gasteiger partial charge in [0.05, 0.1) is 11.1 Å². The molecule has 0 spiro atoms. The topological polar surface area (TPSA) is 58.9 Å². The van der Waals surface area contributed by atoms with Crippen molar-refractivity contribution in [3.63, 3.8) is 0 Å². The molecule has 1 aromatic heterocycles. The van der Waals surface area contributed by atoms with Gasteiger partial charge in [0.1, 0.15) is 10.2 Å². The predicted octanol–water partition coefficient (Wildman–Crippen LogP) is 2.67. The molecule has 0 saturated heterocycles. The van der Waals surface area contributed by atoms with Gasteiger partial charge in [0.15, 0.2) is 0 Å². The van der Waals surface area contributed by atoms with Crippen molar-refractivity contribution >= 4 is 17.9 Å². The van der Waals surface area contributed by atoms with Crippen LogP contribution in [0.4, 0.5) is 18.9 Å². The number of halogens is 3. The highest BCUT2D eigenvalue weighted by Crippen LogP contribution is 2.35. The molecular formula is C6H3F3N2O2S. The summed E-state index contributed by atoms with van der Waals surface area (Å²) in [5, 5.41) is 10.2. The average Bonchev–Trinajstić information content (AvgIpc) is 2.01. The van der Waals surface area contributed by atoms with E-state index in [2.05, 4.69) is 17.2 Å². The lowest BCUT2D eigenvalue weighted by atomic mass is 10.2. The van der Waals surface area contributed by atoms with Crippen LogP contribution in [0.3, 0.4) is 0 Å². The second-order valence-electron chi connectivity index (χ2n) is 2.35. The van der Waals surface area contributed by atoms with Crippen LogP contribution in [0.15, 0.2) is 12.3 Å². The number of rotatable bonds is 1. The fourth-order valence-electron chi connectivity index (χ4n) is 0.842. The first kappa shape index (κ1) is 10.6. The molecule has 1 aromatic rings. The Morgan fingerprint density at radius 3 is 2.50 bits per heavy atom. The summed E-state index contributed by atoms with van der Waals surface area (Å²) in [6.07, 6.45) is -4.14. The Labute approximate surface area is 80.5 Å². The summed E-state index contributed by atoms with van der Waals surface area (Å²) < 4.78 is 36.5. The number of nitrogens with zero attached hydrogens (tertiary/aromatic N) is 1. The van der Waals surface area contributed by atoms with Crippen molar-refractivity contribution in [3.05, 3.63) is 32.6 Å². The molecule has 0 aliphatic rings. The van der Waals surface area contributed by atoms with Crippen LogP contribution in [-0.2, 0) is 6.18 Å². The van der Waals surface area contributed by atoms with Crippen LogP contribution in [0.2, 0.25) is 0 Å². The van der Waals surface area contributed by atoms with E-state index < -0.39 is 22.4 Å². The molecule has 14 heavy (non-hydrogen) atoms. The maximum absolute atomic E-state index is 12.2. The lowest BCUT2D eigenvalue weighted by Gasteiger charge is -2.05. The zero-order valence-electron chi connectivity index (χ0n) is 6.46. The molecular weight excluding hydrogens is 221 g/mol. The standard InChI is InChI=1S/C6H3F3N2O2S/c7-6(8,9)3-1-5(14)10-2-4(3)11(12)13/h1-2H,(H,10,14). The summed E-state index contributed by atoms with van der Waals surface area (Å²) in [6, 6.07) is 0.521. The third-order valence-electron chi connectivity index (χ3n) is 1.40. The second-order valence-corrected chi connectivity index (χ2v) is 2.79. The second kappa shape index (κ2) is 3.37. The smallest absolute Gasteiger partial charge is 0.347 e. The molecule has 4 nitrogen and oxygen atoms in total. The number of H-pyrrole nitrogens is 1. The van der Waals surface area contributed by atoms with Gasteiger partial charge in [-0.1, -0.05) is 12.2 Å². The lowest BCUT2D eigenvalue weighted by molar-refractivity contribution is -0.388. The Morgan fingerprint density at radius 2 is 2.07 bits per heavy atom. The van der Waals surface area contributed by atoms with Gasteiger partial charge in [0, 0.05) is 0 Å². The van der Waals surface area contributed by atoms with Crippen LogP contribution >= 0.6 is 12.2 Å². The van der Waals surface area contributed by atoms with Gasteiger partial charge in [-0.2, -0.15) is 13.2 Å². The van der Waals surface area contributed by atoms with Crippen molar-refractivity contribution in [2.75, 3.05) is 0 Å². The Kier molecular flexibility index (Phi) is 2.56. The number of nitro groups is 1. The molecule has 76 valence electrons. The third-order valence-corrected chi connectivity index (χ3v) is 1.64. The molecule has 0 aromatic carbocycles. The molecule has 0 unspecified atom stereocenters. The summed E-state index contributed by atoms with van der Waals surface area (Å²) in [5.74, 6) is 0. The zero-order valence-corrected chi connectivity index (χ0v) is 7.28. The quantitative estimate of drug-likeness (QED) is 0.453. The SMILES string of the molecule is O=[N+]([O-])c1c[nH]c(=S)cc1C(F)(F)F. The first-order chi connectivity index (χ1) is 6.32. The summed E-state index contributed by atoms with van der Waals surface area (Å²) in [6.45, 7) is 0. The highest BCUT2D eigenvalue weighted by Gasteiger charge is 2.38. The first-order valence-electron chi connectivity index (χ1n) is 3.26. The molecule has 0 saturated carbocycles. The van der Waals surface area contributed by atoms with Gasteiger partial charge in [-0.25, -0.2) is 0 Å². The zero-order chi connectivity index (χ0) is 10.9. The number of aromatic nitrogens is 1. The average molecular weight is 224 g/mol. The van der Waals surface area contributed by atoms with Crippen molar-refractivity contribution in [2.24, 2.45) is 0 Å². The van der Waals surface area contributed by atoms with Gasteiger partial charge in [-0.15, -0.1) is 0 Å². The Hall–Kier alpha value is -1.44. The number of aromatic amines is 1. The van der Waals surface area contributed by atoms with Gasteiger partial charge in [0.2, 0.25) is 0 Å². The van der Waals surface area contributed by atoms with Crippen LogP contribution in [0, 0.1) is 14.8 Å². The minimum absolute atomic E-state index is 0.206. The molecule has 0 fully saturated rings. The molecule has 1 rings (SSSR count). The van der Waals surface area contributed by atoms with E-state index in [-0.39, 0.29) is 4.64 Å². The van der Waals surface area contributed by atoms with E-state index in [1.807, 2.05) is 0 Å². The van der Waals surface area contributed by atoms with Gasteiger partial charge < -0.3 is 4.98 Å². The molecule has 0 amide bonds. The van der Waals surface area contributed by atoms with Crippen molar-refractivity contribution in [1.82, 2.24) is 4.98 Å². The van der Waals surface area contributed by atoms with E-state index in [1.54, 1.807) is 0 Å². The lowest BCUT2D eigenvalue weighted by Crippen LogP contribution is -2.09. The maximum Gasteiger partial charge on any atom is 0.423 e. The van der Waals surface area contributed by atoms with E-state index in [9.17, 15) is 23.3 Å². The van der Waals surface area contributed by atoms with E-state index in [4.69, 9.17) is 0 Å². The van der Waals surface area contributed by atoms with Crippen molar-refractivity contribution in [2.45, 2.75) is 6.18 Å². The molecule has 1 heterocycles. The van der Waals surface area contributed by atoms with Crippen LogP contribution < -0.4 is 0 Å². The highest BCUT2D eigenvalue weighted by atomic mass is 32.1. The number of hydrogen-bond acceptors (Lipinski definition) is 3. The normalized spacial score (nSPS) is 11.4. The molecule has 0 bridgehead atoms. The van der Waals surface area contributed by atoms with Crippen molar-refractivity contribution < 1.29 is 18.1 Å². The fraction of sp³-hybridized carbons (Fsp3) is 0.167. The largest absolute Gasteiger partial charge is 0.423 e. The third kappa shape index (κ3) is 2.08. The molecule has 0 radical (unpaired) electrons. The molecule has 0 atom stereocenters. The van der Waals surface area contributed by atoms with E-state index in [0.717, 1.165) is 0 Å². The maximum atomic E-state index is 12.2. The van der Waals surface area contributed by atoms with E-state index >= 15 is 0 Å². The highest BCUT2D eigenvalue weighted by molar-refractivity contribution is 7.71.